The van der Waals surface area contributed by atoms with Crippen molar-refractivity contribution in [2.75, 3.05) is 0 Å². The summed E-state index contributed by atoms with van der Waals surface area (Å²) in [6.45, 7) is 3.56. The van der Waals surface area contributed by atoms with Crippen molar-refractivity contribution in [1.82, 2.24) is 15.5 Å². The molecular weight excluding hydrogens is 258 g/mol. The zero-order valence-corrected chi connectivity index (χ0v) is 11.4. The van der Waals surface area contributed by atoms with Crippen molar-refractivity contribution >= 4 is 22.8 Å². The summed E-state index contributed by atoms with van der Waals surface area (Å²) in [6, 6.07) is 7.30. The van der Waals surface area contributed by atoms with Gasteiger partial charge in [-0.3, -0.25) is 14.7 Å². The van der Waals surface area contributed by atoms with Gasteiger partial charge in [-0.15, -0.1) is 0 Å². The average molecular weight is 275 g/mol. The Bertz CT molecular complexity index is 650. The minimum absolute atomic E-state index is 0.127. The Hall–Kier alpha value is -2.37. The Balaban J connectivity index is 2.25. The van der Waals surface area contributed by atoms with Gasteiger partial charge in [-0.25, -0.2) is 0 Å². The number of amides is 1. The SMILES string of the molecule is CCC(C)(CC(=O)O)NC(=O)c1n[nH]c2ccccc12. The zero-order chi connectivity index (χ0) is 14.8. The molecule has 2 aromatic rings. The van der Waals surface area contributed by atoms with E-state index in [1.807, 2.05) is 25.1 Å². The van der Waals surface area contributed by atoms with E-state index in [4.69, 9.17) is 5.11 Å². The summed E-state index contributed by atoms with van der Waals surface area (Å²) in [4.78, 5) is 23.2. The summed E-state index contributed by atoms with van der Waals surface area (Å²) < 4.78 is 0. The maximum Gasteiger partial charge on any atom is 0.305 e. The first-order valence-electron chi connectivity index (χ1n) is 6.42. The highest BCUT2D eigenvalue weighted by Crippen LogP contribution is 2.19. The first-order valence-corrected chi connectivity index (χ1v) is 6.42. The minimum Gasteiger partial charge on any atom is -0.481 e. The third kappa shape index (κ3) is 2.79. The summed E-state index contributed by atoms with van der Waals surface area (Å²) in [6.07, 6.45) is 0.394. The molecular formula is C14H17N3O3. The third-order valence-electron chi connectivity index (χ3n) is 3.42. The van der Waals surface area contributed by atoms with Gasteiger partial charge < -0.3 is 10.4 Å². The monoisotopic (exact) mass is 275 g/mol. The van der Waals surface area contributed by atoms with Crippen LogP contribution in [0.2, 0.25) is 0 Å². The molecule has 1 aromatic heterocycles. The topological polar surface area (TPSA) is 95.1 Å². The number of rotatable bonds is 5. The Kier molecular flexibility index (Phi) is 3.74. The Morgan fingerprint density at radius 2 is 2.10 bits per heavy atom. The number of hydrogen-bond donors (Lipinski definition) is 3. The molecule has 0 aliphatic carbocycles. The number of benzene rings is 1. The van der Waals surface area contributed by atoms with Crippen LogP contribution in [0.1, 0.15) is 37.2 Å². The van der Waals surface area contributed by atoms with Gasteiger partial charge in [0, 0.05) is 10.9 Å². The number of nitrogens with one attached hydrogen (secondary N) is 2. The summed E-state index contributed by atoms with van der Waals surface area (Å²) in [5.41, 5.74) is 0.267. The predicted molar refractivity (Wildman–Crippen MR) is 74.5 cm³/mol. The van der Waals surface area contributed by atoms with E-state index >= 15 is 0 Å². The highest BCUT2D eigenvalue weighted by Gasteiger charge is 2.29. The standard InChI is InChI=1S/C14H17N3O3/c1-3-14(2,8-11(18)19)15-13(20)12-9-6-4-5-7-10(9)16-17-12/h4-7H,3,8H2,1-2H3,(H,15,20)(H,16,17)(H,18,19). The fourth-order valence-corrected chi connectivity index (χ4v) is 2.06. The molecule has 20 heavy (non-hydrogen) atoms. The number of fused-ring (bicyclic) bond motifs is 1. The van der Waals surface area contributed by atoms with E-state index in [9.17, 15) is 9.59 Å². The van der Waals surface area contributed by atoms with E-state index in [1.165, 1.54) is 0 Å². The van der Waals surface area contributed by atoms with Gasteiger partial charge in [-0.2, -0.15) is 5.10 Å². The molecule has 1 unspecified atom stereocenters. The number of H-pyrrole nitrogens is 1. The number of para-hydroxylation sites is 1. The molecule has 6 nitrogen and oxygen atoms in total. The molecule has 106 valence electrons. The van der Waals surface area contributed by atoms with Gasteiger partial charge in [0.05, 0.1) is 11.9 Å². The average Bonchev–Trinajstić information content (AvgIpc) is 2.81. The van der Waals surface area contributed by atoms with Gasteiger partial charge in [0.15, 0.2) is 5.69 Å². The van der Waals surface area contributed by atoms with Crippen molar-refractivity contribution < 1.29 is 14.7 Å². The fraction of sp³-hybridized carbons (Fsp3) is 0.357. The van der Waals surface area contributed by atoms with Crippen LogP contribution in [0, 0.1) is 0 Å². The molecule has 1 aromatic carbocycles. The molecule has 1 heterocycles. The summed E-state index contributed by atoms with van der Waals surface area (Å²) in [5, 5.41) is 19.2. The Labute approximate surface area is 116 Å². The number of hydrogen-bond acceptors (Lipinski definition) is 3. The van der Waals surface area contributed by atoms with E-state index in [-0.39, 0.29) is 18.0 Å². The van der Waals surface area contributed by atoms with Gasteiger partial charge in [0.1, 0.15) is 0 Å². The van der Waals surface area contributed by atoms with Crippen molar-refractivity contribution in [1.29, 1.82) is 0 Å². The zero-order valence-electron chi connectivity index (χ0n) is 11.4. The third-order valence-corrected chi connectivity index (χ3v) is 3.42. The molecule has 6 heteroatoms. The van der Waals surface area contributed by atoms with Crippen LogP contribution in [0.5, 0.6) is 0 Å². The Morgan fingerprint density at radius 3 is 2.75 bits per heavy atom. The van der Waals surface area contributed by atoms with Crippen LogP contribution in [-0.4, -0.2) is 32.7 Å². The molecule has 1 atom stereocenters. The molecule has 0 aliphatic heterocycles. The molecule has 0 fully saturated rings. The van der Waals surface area contributed by atoms with Crippen LogP contribution >= 0.6 is 0 Å². The maximum atomic E-state index is 12.3. The van der Waals surface area contributed by atoms with E-state index in [0.717, 1.165) is 10.9 Å². The molecule has 2 rings (SSSR count). The van der Waals surface area contributed by atoms with Crippen molar-refractivity contribution in [2.45, 2.75) is 32.2 Å². The van der Waals surface area contributed by atoms with Gasteiger partial charge in [-0.1, -0.05) is 25.1 Å². The van der Waals surface area contributed by atoms with E-state index in [0.29, 0.717) is 6.42 Å². The van der Waals surface area contributed by atoms with E-state index in [2.05, 4.69) is 15.5 Å². The first kappa shape index (κ1) is 14.0. The highest BCUT2D eigenvalue weighted by atomic mass is 16.4. The first-order chi connectivity index (χ1) is 9.45. The molecule has 0 saturated carbocycles. The molecule has 1 amide bonds. The lowest BCUT2D eigenvalue weighted by atomic mass is 9.94. The van der Waals surface area contributed by atoms with E-state index < -0.39 is 11.5 Å². The molecule has 0 bridgehead atoms. The maximum absolute atomic E-state index is 12.3. The summed E-state index contributed by atoms with van der Waals surface area (Å²) >= 11 is 0. The van der Waals surface area contributed by atoms with Crippen molar-refractivity contribution in [3.8, 4) is 0 Å². The van der Waals surface area contributed by atoms with Crippen LogP contribution in [0.15, 0.2) is 24.3 Å². The van der Waals surface area contributed by atoms with Crippen LogP contribution in [0.3, 0.4) is 0 Å². The molecule has 0 spiro atoms. The quantitative estimate of drug-likeness (QED) is 0.777. The van der Waals surface area contributed by atoms with Crippen LogP contribution in [-0.2, 0) is 4.79 Å². The molecule has 3 N–H and O–H groups in total. The minimum atomic E-state index is -0.943. The van der Waals surface area contributed by atoms with Gasteiger partial charge >= 0.3 is 5.97 Å². The number of aromatic amines is 1. The number of carboxylic acid groups (broad SMARTS) is 1. The lowest BCUT2D eigenvalue weighted by molar-refractivity contribution is -0.138. The second kappa shape index (κ2) is 5.32. The highest BCUT2D eigenvalue weighted by molar-refractivity contribution is 6.05. The second-order valence-corrected chi connectivity index (χ2v) is 5.06. The van der Waals surface area contributed by atoms with Crippen molar-refractivity contribution in [2.24, 2.45) is 0 Å². The normalized spacial score (nSPS) is 13.9. The second-order valence-electron chi connectivity index (χ2n) is 5.06. The molecule has 0 saturated heterocycles. The van der Waals surface area contributed by atoms with Crippen LogP contribution < -0.4 is 5.32 Å². The van der Waals surface area contributed by atoms with Gasteiger partial charge in [0.2, 0.25) is 0 Å². The van der Waals surface area contributed by atoms with Crippen molar-refractivity contribution in [3.05, 3.63) is 30.0 Å². The molecule has 0 radical (unpaired) electrons. The smallest absolute Gasteiger partial charge is 0.305 e. The van der Waals surface area contributed by atoms with Crippen LogP contribution in [0.25, 0.3) is 10.9 Å². The van der Waals surface area contributed by atoms with Gasteiger partial charge in [-0.05, 0) is 19.4 Å². The van der Waals surface area contributed by atoms with E-state index in [1.54, 1.807) is 13.0 Å². The van der Waals surface area contributed by atoms with Crippen LogP contribution in [0.4, 0.5) is 0 Å². The number of carbonyl (C=O) groups excluding carboxylic acids is 1. The Morgan fingerprint density at radius 1 is 1.40 bits per heavy atom. The number of aliphatic carboxylic acids is 1. The largest absolute Gasteiger partial charge is 0.481 e. The predicted octanol–water partition coefficient (Wildman–Crippen LogP) is 1.94. The lowest BCUT2D eigenvalue weighted by Gasteiger charge is -2.27. The lowest BCUT2D eigenvalue weighted by Crippen LogP contribution is -2.47. The fourth-order valence-electron chi connectivity index (χ4n) is 2.06. The summed E-state index contributed by atoms with van der Waals surface area (Å²) in [5.74, 6) is -1.31. The summed E-state index contributed by atoms with van der Waals surface area (Å²) in [7, 11) is 0. The number of aromatic nitrogens is 2. The molecule has 0 aliphatic rings. The number of carbonyl (C=O) groups is 2. The number of carboxylic acids is 1. The van der Waals surface area contributed by atoms with Gasteiger partial charge in [0.25, 0.3) is 5.91 Å². The number of nitrogens with zero attached hydrogens (tertiary/aromatic N) is 1. The van der Waals surface area contributed by atoms with Crippen molar-refractivity contribution in [3.63, 3.8) is 0 Å².